The summed E-state index contributed by atoms with van der Waals surface area (Å²) in [5, 5.41) is 0. The van der Waals surface area contributed by atoms with Crippen LogP contribution in [-0.4, -0.2) is 19.3 Å². The molecule has 0 saturated heterocycles. The first-order valence-electron chi connectivity index (χ1n) is 4.89. The van der Waals surface area contributed by atoms with Gasteiger partial charge in [0.25, 0.3) is 0 Å². The van der Waals surface area contributed by atoms with Crippen LogP contribution in [0.3, 0.4) is 0 Å². The lowest BCUT2D eigenvalue weighted by molar-refractivity contribution is 0.0554. The van der Waals surface area contributed by atoms with E-state index in [9.17, 15) is 0 Å². The monoisotopic (exact) mass is 321 g/mol. The quantitative estimate of drug-likeness (QED) is 0.515. The molecule has 4 heteroatoms. The van der Waals surface area contributed by atoms with E-state index in [0.29, 0.717) is 18.9 Å². The third-order valence-electron chi connectivity index (χ3n) is 1.76. The average Bonchev–Trinajstić information content (AvgIpc) is 2.14. The number of halogens is 1. The van der Waals surface area contributed by atoms with E-state index in [1.807, 2.05) is 32.0 Å². The van der Waals surface area contributed by atoms with Crippen molar-refractivity contribution in [2.75, 3.05) is 18.9 Å². The SMILES string of the molecule is CC(C)OCCOc1ccc(I)cc1N. The van der Waals surface area contributed by atoms with Gasteiger partial charge in [0, 0.05) is 3.57 Å². The normalized spacial score (nSPS) is 10.7. The van der Waals surface area contributed by atoms with Crippen LogP contribution in [0.1, 0.15) is 13.8 Å². The number of ether oxygens (including phenoxy) is 2. The summed E-state index contributed by atoms with van der Waals surface area (Å²) in [6.07, 6.45) is 0.239. The minimum Gasteiger partial charge on any atom is -0.489 e. The second-order valence-electron chi connectivity index (χ2n) is 3.45. The first-order chi connectivity index (χ1) is 7.09. The molecule has 0 saturated carbocycles. The molecule has 0 radical (unpaired) electrons. The highest BCUT2D eigenvalue weighted by Gasteiger charge is 2.00. The van der Waals surface area contributed by atoms with Gasteiger partial charge >= 0.3 is 0 Å². The molecule has 1 rings (SSSR count). The van der Waals surface area contributed by atoms with Gasteiger partial charge in [-0.25, -0.2) is 0 Å². The van der Waals surface area contributed by atoms with Crippen LogP contribution in [0.25, 0.3) is 0 Å². The minimum atomic E-state index is 0.239. The van der Waals surface area contributed by atoms with Crippen LogP contribution in [0.2, 0.25) is 0 Å². The van der Waals surface area contributed by atoms with Crippen LogP contribution in [0, 0.1) is 3.57 Å². The van der Waals surface area contributed by atoms with Crippen molar-refractivity contribution in [3.8, 4) is 5.75 Å². The highest BCUT2D eigenvalue weighted by Crippen LogP contribution is 2.23. The van der Waals surface area contributed by atoms with E-state index < -0.39 is 0 Å². The van der Waals surface area contributed by atoms with E-state index in [-0.39, 0.29) is 6.10 Å². The molecule has 0 heterocycles. The third-order valence-corrected chi connectivity index (χ3v) is 2.43. The maximum atomic E-state index is 5.79. The molecule has 1 aromatic rings. The van der Waals surface area contributed by atoms with Gasteiger partial charge in [0.2, 0.25) is 0 Å². The van der Waals surface area contributed by atoms with Crippen LogP contribution in [0.4, 0.5) is 5.69 Å². The molecule has 1 aromatic carbocycles. The Morgan fingerprint density at radius 2 is 2.07 bits per heavy atom. The summed E-state index contributed by atoms with van der Waals surface area (Å²) >= 11 is 2.22. The van der Waals surface area contributed by atoms with Crippen LogP contribution in [0.5, 0.6) is 5.75 Å². The van der Waals surface area contributed by atoms with Gasteiger partial charge < -0.3 is 15.2 Å². The van der Waals surface area contributed by atoms with Crippen molar-refractivity contribution >= 4 is 28.3 Å². The predicted octanol–water partition coefficient (Wildman–Crippen LogP) is 2.68. The number of anilines is 1. The average molecular weight is 321 g/mol. The maximum Gasteiger partial charge on any atom is 0.142 e. The van der Waals surface area contributed by atoms with Gasteiger partial charge in [-0.1, -0.05) is 0 Å². The van der Waals surface area contributed by atoms with Gasteiger partial charge in [-0.05, 0) is 54.6 Å². The van der Waals surface area contributed by atoms with Crippen LogP contribution >= 0.6 is 22.6 Å². The topological polar surface area (TPSA) is 44.5 Å². The summed E-state index contributed by atoms with van der Waals surface area (Å²) in [7, 11) is 0. The lowest BCUT2D eigenvalue weighted by Crippen LogP contribution is -2.11. The summed E-state index contributed by atoms with van der Waals surface area (Å²) in [5.74, 6) is 0.725. The van der Waals surface area contributed by atoms with Gasteiger partial charge in [-0.2, -0.15) is 0 Å². The maximum absolute atomic E-state index is 5.79. The molecule has 0 spiro atoms. The molecular formula is C11H16INO2. The lowest BCUT2D eigenvalue weighted by atomic mass is 10.3. The predicted molar refractivity (Wildman–Crippen MR) is 70.2 cm³/mol. The largest absolute Gasteiger partial charge is 0.489 e. The minimum absolute atomic E-state index is 0.239. The highest BCUT2D eigenvalue weighted by atomic mass is 127. The zero-order valence-electron chi connectivity index (χ0n) is 9.00. The Bertz CT molecular complexity index is 315. The molecule has 0 aromatic heterocycles. The van der Waals surface area contributed by atoms with Crippen molar-refractivity contribution in [2.24, 2.45) is 0 Å². The highest BCUT2D eigenvalue weighted by molar-refractivity contribution is 14.1. The molecule has 0 bridgehead atoms. The van der Waals surface area contributed by atoms with Gasteiger partial charge in [0.05, 0.1) is 18.4 Å². The first-order valence-corrected chi connectivity index (χ1v) is 5.97. The summed E-state index contributed by atoms with van der Waals surface area (Å²) in [4.78, 5) is 0. The Kier molecular flexibility index (Phi) is 5.17. The van der Waals surface area contributed by atoms with Crippen molar-refractivity contribution in [1.29, 1.82) is 0 Å². The summed E-state index contributed by atoms with van der Waals surface area (Å²) in [6, 6.07) is 5.74. The molecule has 84 valence electrons. The van der Waals surface area contributed by atoms with E-state index in [4.69, 9.17) is 15.2 Å². The second kappa shape index (κ2) is 6.17. The number of hydrogen-bond acceptors (Lipinski definition) is 3. The molecule has 0 atom stereocenters. The van der Waals surface area contributed by atoms with Gasteiger partial charge in [0.15, 0.2) is 0 Å². The number of rotatable bonds is 5. The van der Waals surface area contributed by atoms with Gasteiger partial charge in [-0.15, -0.1) is 0 Å². The van der Waals surface area contributed by atoms with E-state index in [1.165, 1.54) is 0 Å². The third kappa shape index (κ3) is 4.70. The molecule has 3 nitrogen and oxygen atoms in total. The summed E-state index contributed by atoms with van der Waals surface area (Å²) in [6.45, 7) is 5.12. The van der Waals surface area contributed by atoms with E-state index in [2.05, 4.69) is 22.6 Å². The van der Waals surface area contributed by atoms with Crippen molar-refractivity contribution in [1.82, 2.24) is 0 Å². The standard InChI is InChI=1S/C11H16INO2/c1-8(2)14-5-6-15-11-4-3-9(12)7-10(11)13/h3-4,7-8H,5-6,13H2,1-2H3. The number of nitrogen functional groups attached to an aromatic ring is 1. The Hall–Kier alpha value is -0.490. The number of hydrogen-bond donors (Lipinski definition) is 1. The Labute approximate surface area is 104 Å². The number of nitrogens with two attached hydrogens (primary N) is 1. The van der Waals surface area contributed by atoms with Gasteiger partial charge in [-0.3, -0.25) is 0 Å². The van der Waals surface area contributed by atoms with E-state index >= 15 is 0 Å². The fraction of sp³-hybridized carbons (Fsp3) is 0.455. The molecule has 0 aliphatic heterocycles. The van der Waals surface area contributed by atoms with E-state index in [1.54, 1.807) is 0 Å². The van der Waals surface area contributed by atoms with Crippen molar-refractivity contribution in [3.05, 3.63) is 21.8 Å². The van der Waals surface area contributed by atoms with Crippen LogP contribution in [-0.2, 0) is 4.74 Å². The molecule has 0 amide bonds. The summed E-state index contributed by atoms with van der Waals surface area (Å²) in [5.41, 5.74) is 6.47. The zero-order valence-corrected chi connectivity index (χ0v) is 11.2. The van der Waals surface area contributed by atoms with Crippen LogP contribution in [0.15, 0.2) is 18.2 Å². The fourth-order valence-electron chi connectivity index (χ4n) is 1.09. The first kappa shape index (κ1) is 12.6. The molecule has 0 aliphatic rings. The van der Waals surface area contributed by atoms with Crippen molar-refractivity contribution < 1.29 is 9.47 Å². The second-order valence-corrected chi connectivity index (χ2v) is 4.70. The molecule has 0 unspecified atom stereocenters. The van der Waals surface area contributed by atoms with Crippen molar-refractivity contribution in [2.45, 2.75) is 20.0 Å². The Morgan fingerprint density at radius 3 is 2.67 bits per heavy atom. The lowest BCUT2D eigenvalue weighted by Gasteiger charge is -2.10. The van der Waals surface area contributed by atoms with Crippen molar-refractivity contribution in [3.63, 3.8) is 0 Å². The number of benzene rings is 1. The molecule has 2 N–H and O–H groups in total. The Morgan fingerprint density at radius 1 is 1.33 bits per heavy atom. The molecule has 0 fully saturated rings. The molecule has 0 aliphatic carbocycles. The van der Waals surface area contributed by atoms with E-state index in [0.717, 1.165) is 9.32 Å². The molecular weight excluding hydrogens is 305 g/mol. The molecule has 15 heavy (non-hydrogen) atoms. The summed E-state index contributed by atoms with van der Waals surface area (Å²) < 4.78 is 12.0. The Balaban J connectivity index is 2.37. The smallest absolute Gasteiger partial charge is 0.142 e. The zero-order chi connectivity index (χ0) is 11.3. The van der Waals surface area contributed by atoms with Gasteiger partial charge in [0.1, 0.15) is 12.4 Å². The van der Waals surface area contributed by atoms with Crippen LogP contribution < -0.4 is 10.5 Å². The fourth-order valence-corrected chi connectivity index (χ4v) is 1.60.